The van der Waals surface area contributed by atoms with Crippen LogP contribution < -0.4 is 10.6 Å². The van der Waals surface area contributed by atoms with Gasteiger partial charge in [0.25, 0.3) is 0 Å². The predicted molar refractivity (Wildman–Crippen MR) is 172 cm³/mol. The molecule has 0 aliphatic carbocycles. The summed E-state index contributed by atoms with van der Waals surface area (Å²) in [7, 11) is 0. The number of amides is 1. The van der Waals surface area contributed by atoms with Crippen LogP contribution in [-0.2, 0) is 22.6 Å². The van der Waals surface area contributed by atoms with Crippen molar-refractivity contribution in [1.82, 2.24) is 19.4 Å². The molecule has 2 aliphatic rings. The van der Waals surface area contributed by atoms with Gasteiger partial charge in [0.1, 0.15) is 5.54 Å². The average Bonchev–Trinajstić information content (AvgIpc) is 3.51. The lowest BCUT2D eigenvalue weighted by molar-refractivity contribution is -0.134. The van der Waals surface area contributed by atoms with Gasteiger partial charge in [0.15, 0.2) is 0 Å². The van der Waals surface area contributed by atoms with Crippen LogP contribution >= 0.6 is 0 Å². The number of fused-ring (bicyclic) bond motifs is 1. The Hall–Kier alpha value is -4.37. The van der Waals surface area contributed by atoms with E-state index < -0.39 is 5.54 Å². The quantitative estimate of drug-likeness (QED) is 0.259. The van der Waals surface area contributed by atoms with E-state index in [1.54, 1.807) is 6.07 Å². The number of aromatic nitrogens is 2. The third-order valence-corrected chi connectivity index (χ3v) is 9.22. The lowest BCUT2D eigenvalue weighted by atomic mass is 9.85. The van der Waals surface area contributed by atoms with E-state index in [2.05, 4.69) is 26.9 Å². The largest absolute Gasteiger partial charge is 0.459 e. The van der Waals surface area contributed by atoms with Crippen LogP contribution in [0.25, 0.3) is 11.0 Å². The first-order valence-corrected chi connectivity index (χ1v) is 15.7. The number of hydrogen-bond donors (Lipinski definition) is 1. The van der Waals surface area contributed by atoms with Crippen molar-refractivity contribution in [2.24, 2.45) is 0 Å². The molecular weight excluding hydrogens is 554 g/mol. The van der Waals surface area contributed by atoms with Crippen molar-refractivity contribution in [1.29, 1.82) is 0 Å². The summed E-state index contributed by atoms with van der Waals surface area (Å²) in [5.41, 5.74) is 3.57. The number of hydrogen-bond acceptors (Lipinski definition) is 6. The molecule has 6 rings (SSSR count). The van der Waals surface area contributed by atoms with Crippen molar-refractivity contribution in [3.63, 3.8) is 0 Å². The minimum Gasteiger partial charge on any atom is -0.459 e. The number of carbonyl (C=O) groups is 2. The number of imidazole rings is 1. The van der Waals surface area contributed by atoms with Crippen molar-refractivity contribution in [3.8, 4) is 0 Å². The summed E-state index contributed by atoms with van der Waals surface area (Å²) in [6, 6.07) is 25.4. The minimum atomic E-state index is -0.612. The molecule has 230 valence electrons. The maximum Gasteiger partial charge on any atom is 0.338 e. The van der Waals surface area contributed by atoms with Crippen LogP contribution in [0, 0.1) is 0 Å². The zero-order valence-corrected chi connectivity index (χ0v) is 25.6. The summed E-state index contributed by atoms with van der Waals surface area (Å²) < 4.78 is 7.34. The normalized spacial score (nSPS) is 17.5. The molecule has 2 fully saturated rings. The number of esters is 1. The fraction of sp³-hybridized carbons (Fsp3) is 0.400. The van der Waals surface area contributed by atoms with Crippen LogP contribution in [0.15, 0.2) is 83.7 Å². The summed E-state index contributed by atoms with van der Waals surface area (Å²) >= 11 is 0. The van der Waals surface area contributed by atoms with Gasteiger partial charge in [0.05, 0.1) is 29.4 Å². The molecule has 1 atom stereocenters. The molecule has 3 aromatic carbocycles. The van der Waals surface area contributed by atoms with Gasteiger partial charge >= 0.3 is 11.7 Å². The Morgan fingerprint density at radius 3 is 2.48 bits per heavy atom. The number of nitrogens with zero attached hydrogens (tertiary/aromatic N) is 4. The maximum atomic E-state index is 14.2. The minimum absolute atomic E-state index is 0.0723. The van der Waals surface area contributed by atoms with Crippen LogP contribution in [0.1, 0.15) is 55.5 Å². The van der Waals surface area contributed by atoms with Gasteiger partial charge in [-0.2, -0.15) is 0 Å². The molecule has 9 nitrogen and oxygen atoms in total. The molecule has 1 N–H and O–H groups in total. The molecule has 1 aromatic heterocycles. The number of anilines is 1. The molecule has 3 heterocycles. The predicted octanol–water partition coefficient (Wildman–Crippen LogP) is 5.02. The Morgan fingerprint density at radius 2 is 1.70 bits per heavy atom. The molecule has 0 bridgehead atoms. The number of rotatable bonds is 10. The van der Waals surface area contributed by atoms with E-state index in [9.17, 15) is 14.4 Å². The van der Waals surface area contributed by atoms with Gasteiger partial charge < -0.3 is 24.4 Å². The number of likely N-dealkylation sites (tertiary alicyclic amines) is 1. The summed E-state index contributed by atoms with van der Waals surface area (Å²) in [4.78, 5) is 48.9. The van der Waals surface area contributed by atoms with Gasteiger partial charge in [-0.15, -0.1) is 0 Å². The van der Waals surface area contributed by atoms with Crippen LogP contribution in [0.5, 0.6) is 0 Å². The Bertz CT molecular complexity index is 1670. The second kappa shape index (κ2) is 12.7. The molecule has 1 spiro atoms. The number of ether oxygens (including phenoxy) is 1. The van der Waals surface area contributed by atoms with Gasteiger partial charge in [-0.05, 0) is 81.1 Å². The second-order valence-electron chi connectivity index (χ2n) is 12.1. The Labute approximate surface area is 258 Å². The molecule has 9 heteroatoms. The van der Waals surface area contributed by atoms with E-state index >= 15 is 0 Å². The summed E-state index contributed by atoms with van der Waals surface area (Å²) in [6.07, 6.45) is 2.92. The van der Waals surface area contributed by atoms with E-state index in [0.717, 1.165) is 67.6 Å². The summed E-state index contributed by atoms with van der Waals surface area (Å²) in [6.45, 7) is 7.93. The zero-order chi connectivity index (χ0) is 30.7. The van der Waals surface area contributed by atoms with E-state index in [1.165, 1.54) is 0 Å². The fourth-order valence-electron chi connectivity index (χ4n) is 6.60. The molecule has 0 radical (unpaired) electrons. The van der Waals surface area contributed by atoms with Crippen LogP contribution in [-0.4, -0.2) is 69.2 Å². The van der Waals surface area contributed by atoms with Crippen molar-refractivity contribution in [3.05, 3.63) is 100 Å². The molecule has 2 aliphatic heterocycles. The van der Waals surface area contributed by atoms with Crippen molar-refractivity contribution in [2.45, 2.75) is 64.3 Å². The highest BCUT2D eigenvalue weighted by Crippen LogP contribution is 2.40. The highest BCUT2D eigenvalue weighted by Gasteiger charge is 2.53. The van der Waals surface area contributed by atoms with Gasteiger partial charge in [-0.3, -0.25) is 9.36 Å². The third-order valence-electron chi connectivity index (χ3n) is 9.22. The summed E-state index contributed by atoms with van der Waals surface area (Å²) in [5, 5.41) is 0. The van der Waals surface area contributed by atoms with Crippen molar-refractivity contribution < 1.29 is 14.3 Å². The average molecular weight is 596 g/mol. The highest BCUT2D eigenvalue weighted by molar-refractivity contribution is 5.94. The molecule has 4 aromatic rings. The molecule has 0 saturated carbocycles. The second-order valence-corrected chi connectivity index (χ2v) is 12.1. The number of aryl methyl sites for hydroxylation is 1. The van der Waals surface area contributed by atoms with Gasteiger partial charge in [-0.25, -0.2) is 9.59 Å². The number of carbonyl (C=O) groups excluding carboxylic acids is 2. The van der Waals surface area contributed by atoms with Gasteiger partial charge in [-0.1, -0.05) is 49.4 Å². The van der Waals surface area contributed by atoms with E-state index in [1.807, 2.05) is 84.0 Å². The number of H-pyrrole nitrogens is 1. The Morgan fingerprint density at radius 1 is 0.955 bits per heavy atom. The van der Waals surface area contributed by atoms with E-state index in [-0.39, 0.29) is 23.7 Å². The number of para-hydroxylation sites is 3. The van der Waals surface area contributed by atoms with E-state index in [4.69, 9.17) is 4.74 Å². The highest BCUT2D eigenvalue weighted by atomic mass is 16.5. The number of benzene rings is 3. The monoisotopic (exact) mass is 595 g/mol. The Balaban J connectivity index is 1.14. The lowest BCUT2D eigenvalue weighted by Gasteiger charge is -2.43. The molecule has 2 saturated heterocycles. The molecule has 44 heavy (non-hydrogen) atoms. The number of nitrogens with one attached hydrogen (secondary N) is 1. The lowest BCUT2D eigenvalue weighted by Crippen LogP contribution is -2.56. The van der Waals surface area contributed by atoms with Gasteiger partial charge in [0.2, 0.25) is 5.91 Å². The van der Waals surface area contributed by atoms with Crippen molar-refractivity contribution in [2.75, 3.05) is 31.2 Å². The number of aromatic amines is 1. The fourth-order valence-corrected chi connectivity index (χ4v) is 6.60. The van der Waals surface area contributed by atoms with E-state index in [0.29, 0.717) is 25.3 Å². The molecule has 1 amide bonds. The number of piperidine rings is 1. The summed E-state index contributed by atoms with van der Waals surface area (Å²) in [5.74, 6) is -0.197. The first-order chi connectivity index (χ1) is 21.4. The molecular formula is C35H41N5O4. The third kappa shape index (κ3) is 5.88. The standard InChI is InChI=1S/C35H41N5O4/c1-3-26(2)44-32(41)28-12-9-11-27(23-28)24-38-25-40(29-13-5-4-6-14-29)35(33(38)42)17-21-37(22-18-35)19-10-20-39-31-16-8-7-15-30(31)36-34(39)43/h4-9,11-16,23,26H,3,10,17-22,24-25H2,1-2H3,(H,36,43). The van der Waals surface area contributed by atoms with Crippen LogP contribution in [0.4, 0.5) is 5.69 Å². The smallest absolute Gasteiger partial charge is 0.338 e. The maximum absolute atomic E-state index is 14.2. The molecule has 1 unspecified atom stereocenters. The van der Waals surface area contributed by atoms with Gasteiger partial charge in [0, 0.05) is 31.9 Å². The first kappa shape index (κ1) is 29.7. The zero-order valence-electron chi connectivity index (χ0n) is 25.6. The van der Waals surface area contributed by atoms with Crippen LogP contribution in [0.2, 0.25) is 0 Å². The Kier molecular flexibility index (Phi) is 8.57. The van der Waals surface area contributed by atoms with Crippen LogP contribution in [0.3, 0.4) is 0 Å². The van der Waals surface area contributed by atoms with Crippen molar-refractivity contribution >= 4 is 28.6 Å². The first-order valence-electron chi connectivity index (χ1n) is 15.7. The topological polar surface area (TPSA) is 90.9 Å². The SMILES string of the molecule is CCC(C)OC(=O)c1cccc(CN2CN(c3ccccc3)C3(CCN(CCCn4c(=O)[nH]c5ccccc54)CC3)C2=O)c1.